The van der Waals surface area contributed by atoms with E-state index in [4.69, 9.17) is 0 Å². The highest BCUT2D eigenvalue weighted by atomic mass is 14.9. The van der Waals surface area contributed by atoms with Crippen molar-refractivity contribution in [3.8, 4) is 0 Å². The second-order valence-electron chi connectivity index (χ2n) is 6.35. The summed E-state index contributed by atoms with van der Waals surface area (Å²) in [6, 6.07) is 11.5. The zero-order chi connectivity index (χ0) is 12.3. The summed E-state index contributed by atoms with van der Waals surface area (Å²) in [5.41, 5.74) is 1.97. The van der Waals surface area contributed by atoms with E-state index in [1.165, 1.54) is 18.4 Å². The molecule has 1 aromatic carbocycles. The molecule has 0 aliphatic heterocycles. The molecule has 2 rings (SSSR count). The van der Waals surface area contributed by atoms with E-state index in [2.05, 4.69) is 56.4 Å². The van der Waals surface area contributed by atoms with Crippen molar-refractivity contribution in [1.82, 2.24) is 5.32 Å². The fourth-order valence-electron chi connectivity index (χ4n) is 3.21. The van der Waals surface area contributed by atoms with Crippen LogP contribution in [0.15, 0.2) is 30.3 Å². The van der Waals surface area contributed by atoms with Crippen LogP contribution in [0.1, 0.15) is 39.2 Å². The molecular weight excluding hydrogens is 206 g/mol. The lowest BCUT2D eigenvalue weighted by Crippen LogP contribution is -2.33. The van der Waals surface area contributed by atoms with Crippen LogP contribution in [0.25, 0.3) is 0 Å². The third-order valence-electron chi connectivity index (χ3n) is 4.00. The van der Waals surface area contributed by atoms with Gasteiger partial charge in [0, 0.05) is 6.04 Å². The van der Waals surface area contributed by atoms with Gasteiger partial charge in [-0.15, -0.1) is 0 Å². The fraction of sp³-hybridized carbons (Fsp3) is 0.625. The molecule has 0 amide bonds. The van der Waals surface area contributed by atoms with Gasteiger partial charge in [-0.25, -0.2) is 0 Å². The zero-order valence-electron chi connectivity index (χ0n) is 11.4. The Hall–Kier alpha value is -0.820. The van der Waals surface area contributed by atoms with Crippen molar-refractivity contribution in [3.63, 3.8) is 0 Å². The van der Waals surface area contributed by atoms with Crippen LogP contribution in [-0.4, -0.2) is 12.6 Å². The molecule has 1 saturated carbocycles. The smallest absolute Gasteiger partial charge is 0.00981 e. The maximum Gasteiger partial charge on any atom is 0.00981 e. The van der Waals surface area contributed by atoms with Gasteiger partial charge in [0.2, 0.25) is 0 Å². The van der Waals surface area contributed by atoms with Gasteiger partial charge in [-0.1, -0.05) is 51.1 Å². The molecule has 1 nitrogen and oxygen atoms in total. The Kier molecular flexibility index (Phi) is 3.88. The Morgan fingerprint density at radius 2 is 1.88 bits per heavy atom. The van der Waals surface area contributed by atoms with Crippen molar-refractivity contribution < 1.29 is 0 Å². The van der Waals surface area contributed by atoms with Crippen LogP contribution < -0.4 is 5.32 Å². The Morgan fingerprint density at radius 1 is 1.18 bits per heavy atom. The van der Waals surface area contributed by atoms with E-state index >= 15 is 0 Å². The van der Waals surface area contributed by atoms with Gasteiger partial charge in [0.25, 0.3) is 0 Å². The average Bonchev–Trinajstić information content (AvgIpc) is 2.53. The predicted molar refractivity (Wildman–Crippen MR) is 74.1 cm³/mol. The zero-order valence-corrected chi connectivity index (χ0v) is 11.4. The van der Waals surface area contributed by atoms with E-state index in [1.54, 1.807) is 0 Å². The molecule has 0 bridgehead atoms. The molecule has 94 valence electrons. The van der Waals surface area contributed by atoms with Crippen LogP contribution in [0, 0.1) is 11.3 Å². The second kappa shape index (κ2) is 5.22. The quantitative estimate of drug-likeness (QED) is 0.834. The molecule has 1 fully saturated rings. The highest BCUT2D eigenvalue weighted by Crippen LogP contribution is 2.40. The number of rotatable bonds is 4. The summed E-state index contributed by atoms with van der Waals surface area (Å²) >= 11 is 0. The molecule has 1 aromatic rings. The molecule has 0 spiro atoms. The molecule has 0 radical (unpaired) electrons. The Bertz CT molecular complexity index is 342. The van der Waals surface area contributed by atoms with Crippen molar-refractivity contribution in [2.45, 2.75) is 46.1 Å². The van der Waals surface area contributed by atoms with E-state index in [-0.39, 0.29) is 0 Å². The topological polar surface area (TPSA) is 12.0 Å². The van der Waals surface area contributed by atoms with Crippen LogP contribution in [0.2, 0.25) is 0 Å². The van der Waals surface area contributed by atoms with Gasteiger partial charge in [0.15, 0.2) is 0 Å². The predicted octanol–water partition coefficient (Wildman–Crippen LogP) is 3.64. The minimum absolute atomic E-state index is 0.532. The molecule has 0 heterocycles. The third-order valence-corrected chi connectivity index (χ3v) is 4.00. The molecular formula is C16H25N. The van der Waals surface area contributed by atoms with Gasteiger partial charge in [0.1, 0.15) is 0 Å². The largest absolute Gasteiger partial charge is 0.313 e. The first-order valence-electron chi connectivity index (χ1n) is 6.84. The molecule has 2 atom stereocenters. The summed E-state index contributed by atoms with van der Waals surface area (Å²) in [5, 5.41) is 3.74. The molecule has 1 aliphatic rings. The lowest BCUT2D eigenvalue weighted by Gasteiger charge is -2.18. The SMILES string of the molecule is CC1CC(C)(C)CC1NCCc1ccccc1. The lowest BCUT2D eigenvalue weighted by atomic mass is 9.91. The molecule has 0 saturated heterocycles. The maximum absolute atomic E-state index is 3.74. The Morgan fingerprint density at radius 3 is 2.47 bits per heavy atom. The van der Waals surface area contributed by atoms with Crippen molar-refractivity contribution in [2.24, 2.45) is 11.3 Å². The van der Waals surface area contributed by atoms with Crippen molar-refractivity contribution in [3.05, 3.63) is 35.9 Å². The first-order valence-corrected chi connectivity index (χ1v) is 6.84. The van der Waals surface area contributed by atoms with Crippen molar-refractivity contribution in [1.29, 1.82) is 0 Å². The van der Waals surface area contributed by atoms with Gasteiger partial charge in [0.05, 0.1) is 0 Å². The van der Waals surface area contributed by atoms with Gasteiger partial charge >= 0.3 is 0 Å². The lowest BCUT2D eigenvalue weighted by molar-refractivity contribution is 0.362. The summed E-state index contributed by atoms with van der Waals surface area (Å²) < 4.78 is 0. The van der Waals surface area contributed by atoms with Crippen LogP contribution in [0.4, 0.5) is 0 Å². The fourth-order valence-corrected chi connectivity index (χ4v) is 3.21. The van der Waals surface area contributed by atoms with Crippen molar-refractivity contribution in [2.75, 3.05) is 6.54 Å². The number of hydrogen-bond acceptors (Lipinski definition) is 1. The van der Waals surface area contributed by atoms with Crippen LogP contribution in [-0.2, 0) is 6.42 Å². The summed E-state index contributed by atoms with van der Waals surface area (Å²) in [4.78, 5) is 0. The standard InChI is InChI=1S/C16H25N/c1-13-11-16(2,3)12-15(13)17-10-9-14-7-5-4-6-8-14/h4-8,13,15,17H,9-12H2,1-3H3. The maximum atomic E-state index is 3.74. The van der Waals surface area contributed by atoms with E-state index in [0.29, 0.717) is 11.5 Å². The molecule has 1 aliphatic carbocycles. The summed E-state index contributed by atoms with van der Waals surface area (Å²) in [6.07, 6.45) is 3.82. The van der Waals surface area contributed by atoms with Gasteiger partial charge in [-0.2, -0.15) is 0 Å². The van der Waals surface area contributed by atoms with Crippen molar-refractivity contribution >= 4 is 0 Å². The number of benzene rings is 1. The Balaban J connectivity index is 1.76. The molecule has 17 heavy (non-hydrogen) atoms. The first-order chi connectivity index (χ1) is 8.07. The highest BCUT2D eigenvalue weighted by Gasteiger charge is 2.35. The first kappa shape index (κ1) is 12.6. The van der Waals surface area contributed by atoms with Gasteiger partial charge in [-0.05, 0) is 42.7 Å². The van der Waals surface area contributed by atoms with E-state index in [9.17, 15) is 0 Å². The van der Waals surface area contributed by atoms with Gasteiger partial charge < -0.3 is 5.32 Å². The van der Waals surface area contributed by atoms with Crippen LogP contribution in [0.5, 0.6) is 0 Å². The minimum Gasteiger partial charge on any atom is -0.313 e. The average molecular weight is 231 g/mol. The van der Waals surface area contributed by atoms with Crippen LogP contribution in [0.3, 0.4) is 0 Å². The monoisotopic (exact) mass is 231 g/mol. The number of nitrogens with one attached hydrogen (secondary N) is 1. The van der Waals surface area contributed by atoms with E-state index in [0.717, 1.165) is 18.9 Å². The van der Waals surface area contributed by atoms with E-state index in [1.807, 2.05) is 0 Å². The molecule has 1 N–H and O–H groups in total. The summed E-state index contributed by atoms with van der Waals surface area (Å²) in [6.45, 7) is 8.27. The number of hydrogen-bond donors (Lipinski definition) is 1. The van der Waals surface area contributed by atoms with E-state index < -0.39 is 0 Å². The molecule has 0 aromatic heterocycles. The second-order valence-corrected chi connectivity index (χ2v) is 6.35. The Labute approximate surface area is 106 Å². The summed E-state index contributed by atoms with van der Waals surface area (Å²) in [5.74, 6) is 0.820. The van der Waals surface area contributed by atoms with Gasteiger partial charge in [-0.3, -0.25) is 0 Å². The minimum atomic E-state index is 0.532. The highest BCUT2D eigenvalue weighted by molar-refractivity contribution is 5.14. The summed E-state index contributed by atoms with van der Waals surface area (Å²) in [7, 11) is 0. The molecule has 1 heteroatoms. The normalized spacial score (nSPS) is 27.2. The molecule has 2 unspecified atom stereocenters. The van der Waals surface area contributed by atoms with Crippen LogP contribution >= 0.6 is 0 Å². The third kappa shape index (κ3) is 3.57.